The van der Waals surface area contributed by atoms with Crippen LogP contribution in [0.4, 0.5) is 0 Å². The molecule has 2 aromatic heterocycles. The van der Waals surface area contributed by atoms with Crippen molar-refractivity contribution in [1.82, 2.24) is 10.1 Å². The highest BCUT2D eigenvalue weighted by molar-refractivity contribution is 7.11. The van der Waals surface area contributed by atoms with Crippen LogP contribution in [0.25, 0.3) is 11.6 Å². The van der Waals surface area contributed by atoms with Crippen molar-refractivity contribution in [2.24, 2.45) is 0 Å². The van der Waals surface area contributed by atoms with Crippen molar-refractivity contribution in [2.45, 2.75) is 37.5 Å². The van der Waals surface area contributed by atoms with E-state index in [4.69, 9.17) is 4.52 Å². The molecule has 2 saturated carbocycles. The summed E-state index contributed by atoms with van der Waals surface area (Å²) < 4.78 is 5.06. The van der Waals surface area contributed by atoms with Gasteiger partial charge in [-0.15, -0.1) is 11.3 Å². The maximum atomic E-state index is 9.38. The van der Waals surface area contributed by atoms with Gasteiger partial charge in [0.05, 0.1) is 17.0 Å². The minimum absolute atomic E-state index is 0.512. The second-order valence-electron chi connectivity index (χ2n) is 5.45. The van der Waals surface area contributed by atoms with Crippen LogP contribution in [-0.2, 0) is 0 Å². The lowest BCUT2D eigenvalue weighted by Crippen LogP contribution is -1.86. The van der Waals surface area contributed by atoms with E-state index in [-0.39, 0.29) is 0 Å². The lowest BCUT2D eigenvalue weighted by molar-refractivity contribution is 0.412. The molecule has 0 N–H and O–H groups in total. The molecule has 20 heavy (non-hydrogen) atoms. The molecule has 100 valence electrons. The Balaban J connectivity index is 1.67. The van der Waals surface area contributed by atoms with Crippen molar-refractivity contribution in [2.75, 3.05) is 0 Å². The Morgan fingerprint density at radius 3 is 2.85 bits per heavy atom. The molecule has 2 aliphatic rings. The summed E-state index contributed by atoms with van der Waals surface area (Å²) in [6.07, 6.45) is 8.27. The van der Waals surface area contributed by atoms with Crippen molar-refractivity contribution in [1.29, 1.82) is 5.26 Å². The second kappa shape index (κ2) is 4.57. The summed E-state index contributed by atoms with van der Waals surface area (Å²) in [5.74, 6) is 1.14. The molecule has 0 spiro atoms. The third kappa shape index (κ3) is 2.16. The number of nitriles is 1. The average Bonchev–Trinajstić information content (AvgIpc) is 3.40. The van der Waals surface area contributed by atoms with E-state index >= 15 is 0 Å². The van der Waals surface area contributed by atoms with Crippen molar-refractivity contribution in [3.05, 3.63) is 33.6 Å². The molecule has 4 rings (SSSR count). The molecule has 0 aliphatic heterocycles. The number of allylic oxidation sites excluding steroid dienone is 1. The van der Waals surface area contributed by atoms with E-state index < -0.39 is 0 Å². The first-order valence-electron chi connectivity index (χ1n) is 6.87. The second-order valence-corrected chi connectivity index (χ2v) is 6.31. The SMILES string of the molecule is N#C/C(=C\c1conc1C1CC1)c1nc(C2CC2)cs1. The Labute approximate surface area is 120 Å². The number of thiazole rings is 1. The monoisotopic (exact) mass is 283 g/mol. The number of hydrogen-bond acceptors (Lipinski definition) is 5. The highest BCUT2D eigenvalue weighted by atomic mass is 32.1. The molecule has 2 aliphatic carbocycles. The quantitative estimate of drug-likeness (QED) is 0.797. The van der Waals surface area contributed by atoms with Gasteiger partial charge in [-0.2, -0.15) is 5.26 Å². The van der Waals surface area contributed by atoms with Gasteiger partial charge in [0, 0.05) is 22.8 Å². The van der Waals surface area contributed by atoms with Gasteiger partial charge < -0.3 is 4.52 Å². The minimum atomic E-state index is 0.512. The Kier molecular flexibility index (Phi) is 2.71. The van der Waals surface area contributed by atoms with Crippen molar-refractivity contribution < 1.29 is 4.52 Å². The van der Waals surface area contributed by atoms with Crippen molar-refractivity contribution in [3.8, 4) is 6.07 Å². The number of hydrogen-bond donors (Lipinski definition) is 0. The minimum Gasteiger partial charge on any atom is -0.364 e. The third-order valence-electron chi connectivity index (χ3n) is 3.76. The predicted octanol–water partition coefficient (Wildman–Crippen LogP) is 3.95. The van der Waals surface area contributed by atoms with Crippen LogP contribution >= 0.6 is 11.3 Å². The lowest BCUT2D eigenvalue weighted by atomic mass is 10.1. The summed E-state index contributed by atoms with van der Waals surface area (Å²) in [4.78, 5) is 4.59. The highest BCUT2D eigenvalue weighted by Crippen LogP contribution is 2.42. The first-order valence-corrected chi connectivity index (χ1v) is 7.75. The predicted molar refractivity (Wildman–Crippen MR) is 76.1 cm³/mol. The largest absolute Gasteiger partial charge is 0.364 e. The van der Waals surface area contributed by atoms with Gasteiger partial charge in [0.15, 0.2) is 0 Å². The highest BCUT2D eigenvalue weighted by Gasteiger charge is 2.29. The summed E-state index contributed by atoms with van der Waals surface area (Å²) in [5, 5.41) is 16.3. The van der Waals surface area contributed by atoms with E-state index in [1.807, 2.05) is 6.08 Å². The molecule has 0 radical (unpaired) electrons. The van der Waals surface area contributed by atoms with Crippen LogP contribution in [-0.4, -0.2) is 10.1 Å². The fourth-order valence-electron chi connectivity index (χ4n) is 2.30. The third-order valence-corrected chi connectivity index (χ3v) is 4.65. The van der Waals surface area contributed by atoms with Crippen LogP contribution < -0.4 is 0 Å². The number of nitrogens with zero attached hydrogens (tertiary/aromatic N) is 3. The summed E-state index contributed by atoms with van der Waals surface area (Å²) >= 11 is 1.55. The summed E-state index contributed by atoms with van der Waals surface area (Å²) in [6.45, 7) is 0. The summed E-state index contributed by atoms with van der Waals surface area (Å²) in [6, 6.07) is 2.26. The lowest BCUT2D eigenvalue weighted by Gasteiger charge is -1.94. The molecule has 0 aromatic carbocycles. The molecule has 0 atom stereocenters. The van der Waals surface area contributed by atoms with E-state index in [1.54, 1.807) is 17.6 Å². The smallest absolute Gasteiger partial charge is 0.134 e. The molecule has 0 unspecified atom stereocenters. The average molecular weight is 283 g/mol. The first kappa shape index (κ1) is 11.9. The maximum absolute atomic E-state index is 9.38. The standard InChI is InChI=1S/C15H13N3OS/c16-6-11(15-17-13(8-20-15)9-1-2-9)5-12-7-19-18-14(12)10-3-4-10/h5,7-10H,1-4H2/b11-5+. The number of aromatic nitrogens is 2. The van der Waals surface area contributed by atoms with E-state index in [0.29, 0.717) is 17.4 Å². The van der Waals surface area contributed by atoms with Crippen LogP contribution in [0.2, 0.25) is 0 Å². The van der Waals surface area contributed by atoms with Gasteiger partial charge >= 0.3 is 0 Å². The molecule has 2 fully saturated rings. The zero-order valence-electron chi connectivity index (χ0n) is 10.9. The molecule has 2 aromatic rings. The molecule has 5 heteroatoms. The van der Waals surface area contributed by atoms with Gasteiger partial charge in [-0.1, -0.05) is 5.16 Å². The van der Waals surface area contributed by atoms with Crippen molar-refractivity contribution >= 4 is 23.0 Å². The number of rotatable bonds is 4. The zero-order chi connectivity index (χ0) is 13.5. The van der Waals surface area contributed by atoms with Crippen LogP contribution in [0, 0.1) is 11.3 Å². The molecule has 0 saturated heterocycles. The van der Waals surface area contributed by atoms with Crippen molar-refractivity contribution in [3.63, 3.8) is 0 Å². The van der Waals surface area contributed by atoms with Crippen LogP contribution in [0.1, 0.15) is 59.5 Å². The normalized spacial score (nSPS) is 19.1. The van der Waals surface area contributed by atoms with E-state index in [2.05, 4.69) is 21.6 Å². The van der Waals surface area contributed by atoms with E-state index in [0.717, 1.165) is 22.0 Å². The van der Waals surface area contributed by atoms with E-state index in [1.165, 1.54) is 25.7 Å². The molecular formula is C15H13N3OS. The fourth-order valence-corrected chi connectivity index (χ4v) is 3.17. The van der Waals surface area contributed by atoms with Gasteiger partial charge in [0.1, 0.15) is 17.3 Å². The Morgan fingerprint density at radius 2 is 2.15 bits per heavy atom. The maximum Gasteiger partial charge on any atom is 0.134 e. The fraction of sp³-hybridized carbons (Fsp3) is 0.400. The molecular weight excluding hydrogens is 270 g/mol. The topological polar surface area (TPSA) is 62.7 Å². The van der Waals surface area contributed by atoms with Gasteiger partial charge in [-0.3, -0.25) is 0 Å². The first-order chi connectivity index (χ1) is 9.85. The van der Waals surface area contributed by atoms with Gasteiger partial charge in [-0.25, -0.2) is 4.98 Å². The summed E-state index contributed by atoms with van der Waals surface area (Å²) in [5.41, 5.74) is 3.65. The van der Waals surface area contributed by atoms with Crippen LogP contribution in [0.5, 0.6) is 0 Å². The molecule has 2 heterocycles. The Bertz CT molecular complexity index is 714. The summed E-state index contributed by atoms with van der Waals surface area (Å²) in [7, 11) is 0. The van der Waals surface area contributed by atoms with Gasteiger partial charge in [-0.05, 0) is 31.8 Å². The molecule has 4 nitrogen and oxygen atoms in total. The zero-order valence-corrected chi connectivity index (χ0v) is 11.7. The molecule has 0 amide bonds. The van der Waals surface area contributed by atoms with Crippen LogP contribution in [0.3, 0.4) is 0 Å². The molecule has 0 bridgehead atoms. The van der Waals surface area contributed by atoms with E-state index in [9.17, 15) is 5.26 Å². The Morgan fingerprint density at radius 1 is 1.35 bits per heavy atom. The van der Waals surface area contributed by atoms with Crippen LogP contribution in [0.15, 0.2) is 16.2 Å². The Hall–Kier alpha value is -1.93. The van der Waals surface area contributed by atoms with Gasteiger partial charge in [0.2, 0.25) is 0 Å². The van der Waals surface area contributed by atoms with Gasteiger partial charge in [0.25, 0.3) is 0 Å².